The molecule has 0 heterocycles. The van der Waals surface area contributed by atoms with Gasteiger partial charge in [0.1, 0.15) is 5.75 Å². The number of nitrogens with one attached hydrogen (secondary N) is 1. The van der Waals surface area contributed by atoms with Gasteiger partial charge in [-0.2, -0.15) is 0 Å². The molecule has 0 aliphatic heterocycles. The number of rotatable bonds is 6. The maximum Gasteiger partial charge on any atom is 0.120 e. The van der Waals surface area contributed by atoms with Gasteiger partial charge in [0.05, 0.1) is 6.10 Å². The molecule has 0 amide bonds. The van der Waals surface area contributed by atoms with Gasteiger partial charge in [0.2, 0.25) is 0 Å². The fourth-order valence-electron chi connectivity index (χ4n) is 2.55. The molecule has 1 saturated carbocycles. The Labute approximate surface area is 111 Å². The van der Waals surface area contributed by atoms with E-state index in [-0.39, 0.29) is 6.10 Å². The van der Waals surface area contributed by atoms with E-state index in [2.05, 4.69) is 44.3 Å². The van der Waals surface area contributed by atoms with Gasteiger partial charge in [0, 0.05) is 12.1 Å². The van der Waals surface area contributed by atoms with E-state index < -0.39 is 0 Å². The van der Waals surface area contributed by atoms with Crippen LogP contribution in [0.15, 0.2) is 24.3 Å². The first-order valence-corrected chi connectivity index (χ1v) is 7.14. The maximum absolute atomic E-state index is 5.73. The molecule has 0 unspecified atom stereocenters. The molecule has 100 valence electrons. The van der Waals surface area contributed by atoms with Gasteiger partial charge in [-0.1, -0.05) is 19.1 Å². The van der Waals surface area contributed by atoms with Crippen molar-refractivity contribution in [2.45, 2.75) is 64.6 Å². The molecule has 0 spiro atoms. The highest BCUT2D eigenvalue weighted by atomic mass is 16.5. The standard InChI is InChI=1S/C16H25NO/c1-4-16(9-6-10-16)17-12-14-7-5-8-15(11-14)18-13(2)3/h5,7-8,11,13,17H,4,6,9-10,12H2,1-3H3. The molecule has 1 aliphatic rings. The normalized spacial score (nSPS) is 17.6. The second kappa shape index (κ2) is 5.75. The lowest BCUT2D eigenvalue weighted by Gasteiger charge is -2.42. The Kier molecular flexibility index (Phi) is 4.28. The molecule has 0 aromatic heterocycles. The van der Waals surface area contributed by atoms with Crippen molar-refractivity contribution in [1.82, 2.24) is 5.32 Å². The van der Waals surface area contributed by atoms with Gasteiger partial charge >= 0.3 is 0 Å². The Morgan fingerprint density at radius 1 is 1.33 bits per heavy atom. The van der Waals surface area contributed by atoms with E-state index in [4.69, 9.17) is 4.74 Å². The predicted octanol–water partition coefficient (Wildman–Crippen LogP) is 3.90. The number of ether oxygens (including phenoxy) is 1. The summed E-state index contributed by atoms with van der Waals surface area (Å²) in [5.74, 6) is 0.975. The van der Waals surface area contributed by atoms with E-state index in [9.17, 15) is 0 Å². The highest BCUT2D eigenvalue weighted by molar-refractivity contribution is 5.28. The minimum absolute atomic E-state index is 0.238. The predicted molar refractivity (Wildman–Crippen MR) is 75.9 cm³/mol. The molecule has 2 heteroatoms. The minimum atomic E-state index is 0.238. The van der Waals surface area contributed by atoms with E-state index in [1.54, 1.807) is 0 Å². The third-order valence-corrected chi connectivity index (χ3v) is 3.93. The zero-order valence-corrected chi connectivity index (χ0v) is 11.8. The molecule has 1 fully saturated rings. The van der Waals surface area contributed by atoms with Crippen molar-refractivity contribution in [3.63, 3.8) is 0 Å². The molecule has 0 atom stereocenters. The highest BCUT2D eigenvalue weighted by Crippen LogP contribution is 2.34. The third kappa shape index (κ3) is 3.26. The maximum atomic E-state index is 5.73. The Bertz CT molecular complexity index is 377. The van der Waals surface area contributed by atoms with Crippen LogP contribution in [0.1, 0.15) is 52.0 Å². The molecule has 0 saturated heterocycles. The molecule has 0 radical (unpaired) electrons. The van der Waals surface area contributed by atoms with Crippen LogP contribution in [-0.4, -0.2) is 11.6 Å². The van der Waals surface area contributed by atoms with Crippen LogP contribution in [0.25, 0.3) is 0 Å². The Morgan fingerprint density at radius 2 is 2.11 bits per heavy atom. The van der Waals surface area contributed by atoms with Crippen molar-refractivity contribution in [3.8, 4) is 5.75 Å². The Morgan fingerprint density at radius 3 is 2.67 bits per heavy atom. The van der Waals surface area contributed by atoms with Crippen molar-refractivity contribution >= 4 is 0 Å². The zero-order chi connectivity index (χ0) is 13.0. The lowest BCUT2D eigenvalue weighted by molar-refractivity contribution is 0.175. The summed E-state index contributed by atoms with van der Waals surface area (Å²) in [5.41, 5.74) is 1.72. The van der Waals surface area contributed by atoms with Crippen molar-refractivity contribution in [2.24, 2.45) is 0 Å². The first kappa shape index (κ1) is 13.4. The average Bonchev–Trinajstić information content (AvgIpc) is 2.28. The number of hydrogen-bond acceptors (Lipinski definition) is 2. The Balaban J connectivity index is 1.92. The van der Waals surface area contributed by atoms with E-state index in [0.29, 0.717) is 5.54 Å². The van der Waals surface area contributed by atoms with Gasteiger partial charge in [0.15, 0.2) is 0 Å². The zero-order valence-electron chi connectivity index (χ0n) is 11.8. The lowest BCUT2D eigenvalue weighted by atomic mass is 9.75. The number of benzene rings is 1. The SMILES string of the molecule is CCC1(NCc2cccc(OC(C)C)c2)CCC1. The molecular formula is C16H25NO. The van der Waals surface area contributed by atoms with Crippen LogP contribution in [-0.2, 0) is 6.54 Å². The highest BCUT2D eigenvalue weighted by Gasteiger charge is 2.34. The number of hydrogen-bond donors (Lipinski definition) is 1. The smallest absolute Gasteiger partial charge is 0.120 e. The molecule has 18 heavy (non-hydrogen) atoms. The minimum Gasteiger partial charge on any atom is -0.491 e. The molecule has 2 rings (SSSR count). The van der Waals surface area contributed by atoms with Crippen LogP contribution in [0.2, 0.25) is 0 Å². The van der Waals surface area contributed by atoms with Crippen molar-refractivity contribution in [1.29, 1.82) is 0 Å². The summed E-state index contributed by atoms with van der Waals surface area (Å²) < 4.78 is 5.73. The molecule has 1 aliphatic carbocycles. The summed E-state index contributed by atoms with van der Waals surface area (Å²) in [7, 11) is 0. The van der Waals surface area contributed by atoms with Crippen LogP contribution < -0.4 is 10.1 Å². The molecule has 2 nitrogen and oxygen atoms in total. The summed E-state index contributed by atoms with van der Waals surface area (Å²) in [6.45, 7) is 7.35. The topological polar surface area (TPSA) is 21.3 Å². The fourth-order valence-corrected chi connectivity index (χ4v) is 2.55. The van der Waals surface area contributed by atoms with Gasteiger partial charge in [-0.15, -0.1) is 0 Å². The van der Waals surface area contributed by atoms with E-state index in [1.807, 2.05) is 6.07 Å². The summed E-state index contributed by atoms with van der Waals surface area (Å²) in [5, 5.41) is 3.72. The second-order valence-corrected chi connectivity index (χ2v) is 5.66. The molecule has 1 aromatic carbocycles. The van der Waals surface area contributed by atoms with Crippen molar-refractivity contribution < 1.29 is 4.74 Å². The summed E-state index contributed by atoms with van der Waals surface area (Å²) >= 11 is 0. The van der Waals surface area contributed by atoms with Crippen molar-refractivity contribution in [2.75, 3.05) is 0 Å². The van der Waals surface area contributed by atoms with E-state index in [0.717, 1.165) is 12.3 Å². The van der Waals surface area contributed by atoms with Gasteiger partial charge in [-0.05, 0) is 57.2 Å². The summed E-state index contributed by atoms with van der Waals surface area (Å²) in [6.07, 6.45) is 5.49. The van der Waals surface area contributed by atoms with Gasteiger partial charge < -0.3 is 10.1 Å². The van der Waals surface area contributed by atoms with Gasteiger partial charge in [-0.25, -0.2) is 0 Å². The first-order chi connectivity index (χ1) is 8.63. The molecular weight excluding hydrogens is 222 g/mol. The van der Waals surface area contributed by atoms with Crippen LogP contribution in [0.4, 0.5) is 0 Å². The monoisotopic (exact) mass is 247 g/mol. The lowest BCUT2D eigenvalue weighted by Crippen LogP contribution is -2.49. The van der Waals surface area contributed by atoms with Gasteiger partial charge in [-0.3, -0.25) is 0 Å². The van der Waals surface area contributed by atoms with Crippen LogP contribution in [0.5, 0.6) is 5.75 Å². The fraction of sp³-hybridized carbons (Fsp3) is 0.625. The summed E-state index contributed by atoms with van der Waals surface area (Å²) in [4.78, 5) is 0. The molecule has 1 aromatic rings. The van der Waals surface area contributed by atoms with Crippen LogP contribution in [0, 0.1) is 0 Å². The molecule has 1 N–H and O–H groups in total. The Hall–Kier alpha value is -1.02. The third-order valence-electron chi connectivity index (χ3n) is 3.93. The largest absolute Gasteiger partial charge is 0.491 e. The van der Waals surface area contributed by atoms with E-state index >= 15 is 0 Å². The second-order valence-electron chi connectivity index (χ2n) is 5.66. The average molecular weight is 247 g/mol. The van der Waals surface area contributed by atoms with E-state index in [1.165, 1.54) is 31.2 Å². The quantitative estimate of drug-likeness (QED) is 0.823. The van der Waals surface area contributed by atoms with Gasteiger partial charge in [0.25, 0.3) is 0 Å². The van der Waals surface area contributed by atoms with Crippen molar-refractivity contribution in [3.05, 3.63) is 29.8 Å². The first-order valence-electron chi connectivity index (χ1n) is 7.14. The van der Waals surface area contributed by atoms with Crippen LogP contribution in [0.3, 0.4) is 0 Å². The van der Waals surface area contributed by atoms with Crippen LogP contribution >= 0.6 is 0 Å². The summed E-state index contributed by atoms with van der Waals surface area (Å²) in [6, 6.07) is 8.42. The molecule has 0 bridgehead atoms.